The van der Waals surface area contributed by atoms with Crippen LogP contribution in [0.3, 0.4) is 0 Å². The molecule has 0 fully saturated rings. The van der Waals surface area contributed by atoms with Crippen molar-refractivity contribution in [2.24, 2.45) is 10.7 Å². The zero-order valence-corrected chi connectivity index (χ0v) is 13.4. The molecule has 23 heavy (non-hydrogen) atoms. The number of aliphatic hydroxyl groups is 1. The van der Waals surface area contributed by atoms with E-state index in [1.807, 2.05) is 0 Å². The van der Waals surface area contributed by atoms with Gasteiger partial charge in [-0.15, -0.1) is 0 Å². The van der Waals surface area contributed by atoms with Crippen molar-refractivity contribution in [2.45, 2.75) is 51.2 Å². The Balaban J connectivity index is 1.87. The summed E-state index contributed by atoms with van der Waals surface area (Å²) >= 11 is 0. The molecule has 1 aromatic rings. The predicted molar refractivity (Wildman–Crippen MR) is 87.7 cm³/mol. The molecule has 2 atom stereocenters. The van der Waals surface area contributed by atoms with E-state index in [9.17, 15) is 9.90 Å². The van der Waals surface area contributed by atoms with Crippen molar-refractivity contribution in [3.8, 4) is 11.5 Å². The molecule has 2 unspecified atom stereocenters. The van der Waals surface area contributed by atoms with Gasteiger partial charge in [-0.1, -0.05) is 18.6 Å². The SMILES string of the molecule is CC(=O)Oc1ccccc1OCCC(O)C1CCCCC(N)=N1. The lowest BCUT2D eigenvalue weighted by atomic mass is 10.0. The van der Waals surface area contributed by atoms with Gasteiger partial charge in [0.1, 0.15) is 0 Å². The molecule has 126 valence electrons. The number of para-hydroxylation sites is 2. The molecule has 3 N–H and O–H groups in total. The third kappa shape index (κ3) is 5.56. The Morgan fingerprint density at radius 1 is 1.39 bits per heavy atom. The maximum Gasteiger partial charge on any atom is 0.308 e. The summed E-state index contributed by atoms with van der Waals surface area (Å²) in [4.78, 5) is 15.5. The highest BCUT2D eigenvalue weighted by Crippen LogP contribution is 2.27. The molecule has 6 nitrogen and oxygen atoms in total. The fourth-order valence-corrected chi connectivity index (χ4v) is 2.57. The van der Waals surface area contributed by atoms with Crippen LogP contribution >= 0.6 is 0 Å². The van der Waals surface area contributed by atoms with Gasteiger partial charge < -0.3 is 20.3 Å². The van der Waals surface area contributed by atoms with Crippen LogP contribution in [0, 0.1) is 0 Å². The van der Waals surface area contributed by atoms with Crippen LogP contribution in [-0.2, 0) is 4.79 Å². The number of rotatable bonds is 6. The minimum atomic E-state index is -0.590. The highest BCUT2D eigenvalue weighted by molar-refractivity contribution is 5.80. The Labute approximate surface area is 136 Å². The molecule has 1 aliphatic rings. The van der Waals surface area contributed by atoms with E-state index < -0.39 is 12.1 Å². The summed E-state index contributed by atoms with van der Waals surface area (Å²) in [6.45, 7) is 1.65. The Kier molecular flexibility index (Phi) is 6.40. The first kappa shape index (κ1) is 17.3. The second-order valence-corrected chi connectivity index (χ2v) is 5.68. The molecule has 0 aromatic heterocycles. The first-order valence-electron chi connectivity index (χ1n) is 7.96. The molecular formula is C17H24N2O4. The van der Waals surface area contributed by atoms with Crippen LogP contribution in [-0.4, -0.2) is 35.7 Å². The molecule has 0 amide bonds. The number of hydrogen-bond acceptors (Lipinski definition) is 6. The zero-order valence-electron chi connectivity index (χ0n) is 13.4. The third-order valence-corrected chi connectivity index (χ3v) is 3.73. The number of carbonyl (C=O) groups is 1. The number of nitrogens with two attached hydrogens (primary N) is 1. The summed E-state index contributed by atoms with van der Waals surface area (Å²) in [5, 5.41) is 10.3. The first-order chi connectivity index (χ1) is 11.1. The van der Waals surface area contributed by atoms with E-state index in [4.69, 9.17) is 15.2 Å². The van der Waals surface area contributed by atoms with Crippen molar-refractivity contribution < 1.29 is 19.4 Å². The fraction of sp³-hybridized carbons (Fsp3) is 0.529. The molecule has 0 saturated carbocycles. The lowest BCUT2D eigenvalue weighted by molar-refractivity contribution is -0.132. The quantitative estimate of drug-likeness (QED) is 0.618. The highest BCUT2D eigenvalue weighted by atomic mass is 16.6. The molecule has 6 heteroatoms. The van der Waals surface area contributed by atoms with Crippen LogP contribution < -0.4 is 15.2 Å². The number of benzene rings is 1. The van der Waals surface area contributed by atoms with Crippen LogP contribution in [0.5, 0.6) is 11.5 Å². The van der Waals surface area contributed by atoms with Crippen molar-refractivity contribution in [2.75, 3.05) is 6.61 Å². The number of hydrogen-bond donors (Lipinski definition) is 2. The minimum Gasteiger partial charge on any atom is -0.490 e. The second-order valence-electron chi connectivity index (χ2n) is 5.68. The van der Waals surface area contributed by atoms with Gasteiger partial charge in [0.25, 0.3) is 0 Å². The van der Waals surface area contributed by atoms with Crippen LogP contribution in [0.4, 0.5) is 0 Å². The van der Waals surface area contributed by atoms with Crippen LogP contribution in [0.2, 0.25) is 0 Å². The Bertz CT molecular complexity index is 559. The van der Waals surface area contributed by atoms with Crippen molar-refractivity contribution in [1.82, 2.24) is 0 Å². The van der Waals surface area contributed by atoms with Crippen LogP contribution in [0.25, 0.3) is 0 Å². The molecular weight excluding hydrogens is 296 g/mol. The summed E-state index contributed by atoms with van der Waals surface area (Å²) in [6.07, 6.45) is 3.52. The van der Waals surface area contributed by atoms with E-state index in [1.165, 1.54) is 6.92 Å². The summed E-state index contributed by atoms with van der Waals surface area (Å²) in [7, 11) is 0. The van der Waals surface area contributed by atoms with Gasteiger partial charge in [-0.3, -0.25) is 9.79 Å². The number of aliphatic hydroxyl groups excluding tert-OH is 1. The van der Waals surface area contributed by atoms with Crippen molar-refractivity contribution in [3.05, 3.63) is 24.3 Å². The van der Waals surface area contributed by atoms with E-state index >= 15 is 0 Å². The van der Waals surface area contributed by atoms with Crippen molar-refractivity contribution in [3.63, 3.8) is 0 Å². The summed E-state index contributed by atoms with van der Waals surface area (Å²) < 4.78 is 10.7. The molecule has 0 bridgehead atoms. The average Bonchev–Trinajstić information content (AvgIpc) is 2.73. The maximum atomic E-state index is 11.1. The van der Waals surface area contributed by atoms with Gasteiger partial charge >= 0.3 is 5.97 Å². The maximum absolute atomic E-state index is 11.1. The largest absolute Gasteiger partial charge is 0.490 e. The molecule has 0 spiro atoms. The number of ether oxygens (including phenoxy) is 2. The predicted octanol–water partition coefficient (Wildman–Crippen LogP) is 2.04. The second kappa shape index (κ2) is 8.53. The van der Waals surface area contributed by atoms with E-state index in [0.29, 0.717) is 30.4 Å². The van der Waals surface area contributed by atoms with E-state index in [0.717, 1.165) is 25.7 Å². The van der Waals surface area contributed by atoms with Crippen LogP contribution in [0.1, 0.15) is 39.0 Å². The Morgan fingerprint density at radius 3 is 2.87 bits per heavy atom. The molecule has 1 aromatic carbocycles. The van der Waals surface area contributed by atoms with Gasteiger partial charge in [-0.05, 0) is 25.0 Å². The third-order valence-electron chi connectivity index (χ3n) is 3.73. The van der Waals surface area contributed by atoms with E-state index in [-0.39, 0.29) is 6.04 Å². The Hall–Kier alpha value is -2.08. The summed E-state index contributed by atoms with van der Waals surface area (Å²) in [5.41, 5.74) is 5.81. The van der Waals surface area contributed by atoms with Gasteiger partial charge in [0.05, 0.1) is 24.6 Å². The fourth-order valence-electron chi connectivity index (χ4n) is 2.57. The zero-order chi connectivity index (χ0) is 16.7. The number of amidine groups is 1. The average molecular weight is 320 g/mol. The van der Waals surface area contributed by atoms with Gasteiger partial charge in [0, 0.05) is 19.8 Å². The Morgan fingerprint density at radius 2 is 2.13 bits per heavy atom. The highest BCUT2D eigenvalue weighted by Gasteiger charge is 2.20. The normalized spacial score (nSPS) is 19.4. The monoisotopic (exact) mass is 320 g/mol. The first-order valence-corrected chi connectivity index (χ1v) is 7.96. The van der Waals surface area contributed by atoms with Crippen LogP contribution in [0.15, 0.2) is 29.3 Å². The van der Waals surface area contributed by atoms with Gasteiger partial charge in [0.2, 0.25) is 0 Å². The number of esters is 1. The molecule has 1 aliphatic heterocycles. The summed E-state index contributed by atoms with van der Waals surface area (Å²) in [5.74, 6) is 1.09. The van der Waals surface area contributed by atoms with Gasteiger partial charge in [-0.25, -0.2) is 0 Å². The number of carbonyl (C=O) groups excluding carboxylic acids is 1. The van der Waals surface area contributed by atoms with Crippen molar-refractivity contribution in [1.29, 1.82) is 0 Å². The molecule has 0 radical (unpaired) electrons. The standard InChI is InChI=1S/C17H24N2O4/c1-12(20)23-16-8-4-3-7-15(16)22-11-10-14(21)13-6-2-5-9-17(18)19-13/h3-4,7-8,13-14,21H,2,5-6,9-11H2,1H3,(H2,18,19). The van der Waals surface area contributed by atoms with E-state index in [1.54, 1.807) is 24.3 Å². The lowest BCUT2D eigenvalue weighted by Crippen LogP contribution is -2.28. The molecule has 2 rings (SSSR count). The lowest BCUT2D eigenvalue weighted by Gasteiger charge is -2.19. The van der Waals surface area contributed by atoms with E-state index in [2.05, 4.69) is 4.99 Å². The summed E-state index contributed by atoms with van der Waals surface area (Å²) in [6, 6.07) is 6.80. The van der Waals surface area contributed by atoms with Crippen molar-refractivity contribution >= 4 is 11.8 Å². The van der Waals surface area contributed by atoms with Gasteiger partial charge in [0.15, 0.2) is 11.5 Å². The van der Waals surface area contributed by atoms with Gasteiger partial charge in [-0.2, -0.15) is 0 Å². The number of nitrogens with zero attached hydrogens (tertiary/aromatic N) is 1. The molecule has 0 aliphatic carbocycles. The smallest absolute Gasteiger partial charge is 0.308 e. The molecule has 1 heterocycles. The topological polar surface area (TPSA) is 94.1 Å². The molecule has 0 saturated heterocycles. The minimum absolute atomic E-state index is 0.162. The number of aliphatic imine (C=N–C) groups is 1.